The van der Waals surface area contributed by atoms with Crippen molar-refractivity contribution in [3.05, 3.63) is 58.2 Å². The molecular formula is C20H30. The molecule has 0 aromatic carbocycles. The monoisotopic (exact) mass is 270 g/mol. The van der Waals surface area contributed by atoms with Gasteiger partial charge in [0.1, 0.15) is 0 Å². The summed E-state index contributed by atoms with van der Waals surface area (Å²) in [5.41, 5.74) is 8.60. The highest BCUT2D eigenvalue weighted by Crippen LogP contribution is 2.30. The van der Waals surface area contributed by atoms with E-state index in [9.17, 15) is 0 Å². The molecule has 0 aliphatic heterocycles. The highest BCUT2D eigenvalue weighted by Gasteiger charge is 2.10. The van der Waals surface area contributed by atoms with Crippen LogP contribution in [0.1, 0.15) is 66.7 Å². The molecule has 1 aliphatic rings. The van der Waals surface area contributed by atoms with Gasteiger partial charge in [-0.05, 0) is 69.6 Å². The van der Waals surface area contributed by atoms with Gasteiger partial charge in [-0.2, -0.15) is 0 Å². The van der Waals surface area contributed by atoms with Crippen LogP contribution in [0.5, 0.6) is 0 Å². The lowest BCUT2D eigenvalue weighted by atomic mass is 9.88. The van der Waals surface area contributed by atoms with E-state index in [0.717, 1.165) is 19.3 Å². The van der Waals surface area contributed by atoms with Crippen molar-refractivity contribution in [3.63, 3.8) is 0 Å². The summed E-state index contributed by atoms with van der Waals surface area (Å²) in [4.78, 5) is 0. The van der Waals surface area contributed by atoms with Gasteiger partial charge in [-0.3, -0.25) is 0 Å². The molecule has 1 rings (SSSR count). The van der Waals surface area contributed by atoms with Gasteiger partial charge in [-0.1, -0.05) is 55.4 Å². The van der Waals surface area contributed by atoms with Crippen molar-refractivity contribution in [1.29, 1.82) is 0 Å². The molecule has 0 radical (unpaired) electrons. The van der Waals surface area contributed by atoms with Crippen molar-refractivity contribution in [1.82, 2.24) is 0 Å². The first kappa shape index (κ1) is 16.8. The Morgan fingerprint density at radius 3 is 2.50 bits per heavy atom. The summed E-state index contributed by atoms with van der Waals surface area (Å²) >= 11 is 0. The standard InChI is InChI=1S/C20H30/c1-7-9-10-20(8-2)18(6)17(5)14-19-12-11-15(3)16(4)13-19/h9-10,13H,5,7-8,11-12,14H2,1-4,6H3/b10-9-,20-18+. The third kappa shape index (κ3) is 4.67. The minimum Gasteiger partial charge on any atom is -0.0952 e. The third-order valence-electron chi connectivity index (χ3n) is 4.30. The molecule has 0 aromatic rings. The Morgan fingerprint density at radius 1 is 1.25 bits per heavy atom. The van der Waals surface area contributed by atoms with E-state index in [-0.39, 0.29) is 0 Å². The number of allylic oxidation sites excluding steroid dienone is 9. The normalized spacial score (nSPS) is 17.4. The van der Waals surface area contributed by atoms with Crippen molar-refractivity contribution >= 4 is 0 Å². The fourth-order valence-corrected chi connectivity index (χ4v) is 2.59. The van der Waals surface area contributed by atoms with Gasteiger partial charge in [-0.15, -0.1) is 0 Å². The maximum atomic E-state index is 4.32. The van der Waals surface area contributed by atoms with E-state index in [1.807, 2.05) is 0 Å². The Hall–Kier alpha value is -1.30. The van der Waals surface area contributed by atoms with Crippen LogP contribution in [0.3, 0.4) is 0 Å². The van der Waals surface area contributed by atoms with E-state index in [0.29, 0.717) is 0 Å². The van der Waals surface area contributed by atoms with Gasteiger partial charge in [0.15, 0.2) is 0 Å². The molecule has 0 saturated carbocycles. The predicted octanol–water partition coefficient (Wildman–Crippen LogP) is 6.68. The molecule has 0 fully saturated rings. The Morgan fingerprint density at radius 2 is 1.95 bits per heavy atom. The molecule has 0 spiro atoms. The van der Waals surface area contributed by atoms with Crippen LogP contribution in [0.25, 0.3) is 0 Å². The molecule has 0 N–H and O–H groups in total. The Kier molecular flexibility index (Phi) is 6.78. The topological polar surface area (TPSA) is 0 Å². The quantitative estimate of drug-likeness (QED) is 0.472. The van der Waals surface area contributed by atoms with Gasteiger partial charge in [0.2, 0.25) is 0 Å². The van der Waals surface area contributed by atoms with Crippen LogP contribution in [-0.4, -0.2) is 0 Å². The van der Waals surface area contributed by atoms with Gasteiger partial charge < -0.3 is 0 Å². The first-order valence-corrected chi connectivity index (χ1v) is 7.89. The van der Waals surface area contributed by atoms with Gasteiger partial charge in [0, 0.05) is 0 Å². The second-order valence-electron chi connectivity index (χ2n) is 5.86. The summed E-state index contributed by atoms with van der Waals surface area (Å²) in [7, 11) is 0. The zero-order chi connectivity index (χ0) is 15.1. The molecule has 0 unspecified atom stereocenters. The van der Waals surface area contributed by atoms with Gasteiger partial charge in [-0.25, -0.2) is 0 Å². The Balaban J connectivity index is 2.83. The Labute approximate surface area is 125 Å². The second kappa shape index (κ2) is 8.09. The van der Waals surface area contributed by atoms with E-state index in [4.69, 9.17) is 0 Å². The molecule has 0 bridgehead atoms. The summed E-state index contributed by atoms with van der Waals surface area (Å²) in [6.45, 7) is 15.4. The number of hydrogen-bond donors (Lipinski definition) is 0. The zero-order valence-electron chi connectivity index (χ0n) is 14.0. The molecule has 0 heterocycles. The lowest BCUT2D eigenvalue weighted by Gasteiger charge is -2.18. The predicted molar refractivity (Wildman–Crippen MR) is 91.9 cm³/mol. The lowest BCUT2D eigenvalue weighted by Crippen LogP contribution is -1.98. The van der Waals surface area contributed by atoms with E-state index >= 15 is 0 Å². The highest BCUT2D eigenvalue weighted by atomic mass is 14.2. The largest absolute Gasteiger partial charge is 0.0952 e. The van der Waals surface area contributed by atoms with E-state index < -0.39 is 0 Å². The van der Waals surface area contributed by atoms with Crippen molar-refractivity contribution in [3.8, 4) is 0 Å². The van der Waals surface area contributed by atoms with Crippen LogP contribution >= 0.6 is 0 Å². The molecule has 20 heavy (non-hydrogen) atoms. The fraction of sp³-hybridized carbons (Fsp3) is 0.500. The molecule has 0 nitrogen and oxygen atoms in total. The first-order chi connectivity index (χ1) is 9.49. The average Bonchev–Trinajstić information content (AvgIpc) is 2.43. The SMILES string of the molecule is C=C(CC1=CC(C)=C(C)CC1)/C(C)=C(/C=C\CC)CC. The molecular weight excluding hydrogens is 240 g/mol. The first-order valence-electron chi connectivity index (χ1n) is 7.89. The third-order valence-corrected chi connectivity index (χ3v) is 4.30. The summed E-state index contributed by atoms with van der Waals surface area (Å²) < 4.78 is 0. The Bertz CT molecular complexity index is 478. The maximum Gasteiger partial charge on any atom is -0.00669 e. The average molecular weight is 270 g/mol. The van der Waals surface area contributed by atoms with Crippen molar-refractivity contribution in [2.75, 3.05) is 0 Å². The molecule has 110 valence electrons. The summed E-state index contributed by atoms with van der Waals surface area (Å²) in [6, 6.07) is 0. The smallest absolute Gasteiger partial charge is 0.00669 e. The fourth-order valence-electron chi connectivity index (χ4n) is 2.59. The van der Waals surface area contributed by atoms with E-state index in [1.54, 1.807) is 0 Å². The second-order valence-corrected chi connectivity index (χ2v) is 5.86. The van der Waals surface area contributed by atoms with Gasteiger partial charge in [0.25, 0.3) is 0 Å². The van der Waals surface area contributed by atoms with Crippen LogP contribution in [0.15, 0.2) is 58.2 Å². The van der Waals surface area contributed by atoms with Crippen LogP contribution < -0.4 is 0 Å². The van der Waals surface area contributed by atoms with Crippen LogP contribution in [-0.2, 0) is 0 Å². The molecule has 0 saturated heterocycles. The summed E-state index contributed by atoms with van der Waals surface area (Å²) in [5, 5.41) is 0. The molecule has 0 atom stereocenters. The minimum absolute atomic E-state index is 1.03. The van der Waals surface area contributed by atoms with Crippen LogP contribution in [0.2, 0.25) is 0 Å². The zero-order valence-corrected chi connectivity index (χ0v) is 14.0. The van der Waals surface area contributed by atoms with Crippen molar-refractivity contribution < 1.29 is 0 Å². The minimum atomic E-state index is 1.03. The van der Waals surface area contributed by atoms with Crippen LogP contribution in [0, 0.1) is 0 Å². The van der Waals surface area contributed by atoms with E-state index in [1.165, 1.54) is 46.3 Å². The van der Waals surface area contributed by atoms with Crippen molar-refractivity contribution in [2.45, 2.75) is 66.7 Å². The van der Waals surface area contributed by atoms with Crippen LogP contribution in [0.4, 0.5) is 0 Å². The molecule has 0 heteroatoms. The lowest BCUT2D eigenvalue weighted by molar-refractivity contribution is 0.851. The number of hydrogen-bond acceptors (Lipinski definition) is 0. The van der Waals surface area contributed by atoms with Gasteiger partial charge >= 0.3 is 0 Å². The molecule has 1 aliphatic carbocycles. The molecule has 0 aromatic heterocycles. The molecule has 0 amide bonds. The maximum absolute atomic E-state index is 4.32. The number of rotatable bonds is 6. The summed E-state index contributed by atoms with van der Waals surface area (Å²) in [6.07, 6.45) is 12.5. The van der Waals surface area contributed by atoms with Gasteiger partial charge in [0.05, 0.1) is 0 Å². The van der Waals surface area contributed by atoms with E-state index in [2.05, 4.69) is 59.4 Å². The summed E-state index contributed by atoms with van der Waals surface area (Å²) in [5.74, 6) is 0. The van der Waals surface area contributed by atoms with Crippen molar-refractivity contribution in [2.24, 2.45) is 0 Å². The highest BCUT2D eigenvalue weighted by molar-refractivity contribution is 5.41.